The van der Waals surface area contributed by atoms with Crippen molar-refractivity contribution in [2.75, 3.05) is 23.4 Å². The van der Waals surface area contributed by atoms with Gasteiger partial charge in [0.2, 0.25) is 5.91 Å². The van der Waals surface area contributed by atoms with Gasteiger partial charge in [-0.05, 0) is 36.8 Å². The second kappa shape index (κ2) is 7.76. The topological polar surface area (TPSA) is 58.6 Å². The van der Waals surface area contributed by atoms with E-state index in [0.717, 1.165) is 12.1 Å². The van der Waals surface area contributed by atoms with Crippen molar-refractivity contribution >= 4 is 46.4 Å². The highest BCUT2D eigenvalue weighted by molar-refractivity contribution is 6.36. The Balaban J connectivity index is 1.59. The van der Waals surface area contributed by atoms with Gasteiger partial charge in [-0.15, -0.1) is 0 Å². The molecule has 0 aliphatic carbocycles. The van der Waals surface area contributed by atoms with E-state index < -0.39 is 0 Å². The molecule has 7 heteroatoms. The van der Waals surface area contributed by atoms with Gasteiger partial charge in [0, 0.05) is 29.7 Å². The van der Waals surface area contributed by atoms with Crippen LogP contribution in [0.4, 0.5) is 11.4 Å². The molecule has 1 heterocycles. The van der Waals surface area contributed by atoms with Gasteiger partial charge in [0.15, 0.2) is 6.61 Å². The Morgan fingerprint density at radius 2 is 2.04 bits per heavy atom. The van der Waals surface area contributed by atoms with E-state index >= 15 is 0 Å². The Labute approximate surface area is 155 Å². The van der Waals surface area contributed by atoms with Crippen LogP contribution in [0.3, 0.4) is 0 Å². The number of hydrogen-bond donors (Lipinski definition) is 1. The number of hydrogen-bond acceptors (Lipinski definition) is 3. The summed E-state index contributed by atoms with van der Waals surface area (Å²) in [5, 5.41) is 3.52. The van der Waals surface area contributed by atoms with E-state index in [1.807, 2.05) is 6.07 Å². The Bertz CT molecular complexity index is 811. The van der Waals surface area contributed by atoms with E-state index in [0.29, 0.717) is 34.4 Å². The molecule has 0 spiro atoms. The quantitative estimate of drug-likeness (QED) is 0.850. The fraction of sp³-hybridized carbons (Fsp3) is 0.222. The van der Waals surface area contributed by atoms with Crippen LogP contribution in [-0.4, -0.2) is 25.0 Å². The monoisotopic (exact) mass is 378 g/mol. The number of nitrogens with zero attached hydrogens (tertiary/aromatic N) is 1. The summed E-state index contributed by atoms with van der Waals surface area (Å²) < 4.78 is 5.52. The van der Waals surface area contributed by atoms with Gasteiger partial charge in [-0.2, -0.15) is 0 Å². The molecular weight excluding hydrogens is 363 g/mol. The highest BCUT2D eigenvalue weighted by atomic mass is 35.5. The van der Waals surface area contributed by atoms with Crippen molar-refractivity contribution in [3.05, 3.63) is 52.5 Å². The smallest absolute Gasteiger partial charge is 0.262 e. The van der Waals surface area contributed by atoms with E-state index in [-0.39, 0.29) is 18.4 Å². The third kappa shape index (κ3) is 4.44. The summed E-state index contributed by atoms with van der Waals surface area (Å²) in [4.78, 5) is 25.6. The molecule has 2 aromatic rings. The molecule has 0 aromatic heterocycles. The predicted octanol–water partition coefficient (Wildman–Crippen LogP) is 4.14. The molecule has 2 amide bonds. The van der Waals surface area contributed by atoms with Crippen LogP contribution < -0.4 is 15.0 Å². The molecular formula is C18H16Cl2N2O3. The molecule has 0 saturated carbocycles. The summed E-state index contributed by atoms with van der Waals surface area (Å²) in [7, 11) is 0. The van der Waals surface area contributed by atoms with Crippen LogP contribution in [-0.2, 0) is 9.59 Å². The van der Waals surface area contributed by atoms with Gasteiger partial charge in [-0.25, -0.2) is 0 Å². The molecule has 2 aromatic carbocycles. The fourth-order valence-corrected chi connectivity index (χ4v) is 3.04. The molecule has 130 valence electrons. The molecule has 5 nitrogen and oxygen atoms in total. The van der Waals surface area contributed by atoms with E-state index in [9.17, 15) is 9.59 Å². The van der Waals surface area contributed by atoms with Crippen LogP contribution in [0.2, 0.25) is 10.0 Å². The lowest BCUT2D eigenvalue weighted by Crippen LogP contribution is -2.24. The van der Waals surface area contributed by atoms with Gasteiger partial charge < -0.3 is 15.0 Å². The van der Waals surface area contributed by atoms with Gasteiger partial charge in [-0.3, -0.25) is 9.59 Å². The average Bonchev–Trinajstić information content (AvgIpc) is 3.02. The van der Waals surface area contributed by atoms with E-state index in [4.69, 9.17) is 27.9 Å². The third-order valence-electron chi connectivity index (χ3n) is 3.78. The molecule has 0 atom stereocenters. The highest BCUT2D eigenvalue weighted by Gasteiger charge is 2.21. The zero-order chi connectivity index (χ0) is 17.8. The summed E-state index contributed by atoms with van der Waals surface area (Å²) in [5.41, 5.74) is 1.25. The number of carbonyl (C=O) groups is 2. The summed E-state index contributed by atoms with van der Waals surface area (Å²) in [6.07, 6.45) is 1.42. The van der Waals surface area contributed by atoms with Crippen LogP contribution in [0.5, 0.6) is 5.75 Å². The van der Waals surface area contributed by atoms with Crippen molar-refractivity contribution < 1.29 is 14.3 Å². The molecule has 3 rings (SSSR count). The van der Waals surface area contributed by atoms with Crippen molar-refractivity contribution in [1.29, 1.82) is 0 Å². The van der Waals surface area contributed by atoms with Crippen molar-refractivity contribution in [3.63, 3.8) is 0 Å². The van der Waals surface area contributed by atoms with Crippen LogP contribution in [0.25, 0.3) is 0 Å². The Morgan fingerprint density at radius 3 is 2.76 bits per heavy atom. The molecule has 1 N–H and O–H groups in total. The number of anilines is 2. The number of nitrogens with one attached hydrogen (secondary N) is 1. The minimum atomic E-state index is -0.341. The molecule has 1 aliphatic rings. The second-order valence-corrected chi connectivity index (χ2v) is 6.45. The molecule has 0 bridgehead atoms. The minimum absolute atomic E-state index is 0.104. The maximum Gasteiger partial charge on any atom is 0.262 e. The molecule has 1 saturated heterocycles. The Hall–Kier alpha value is -2.24. The summed E-state index contributed by atoms with van der Waals surface area (Å²) in [6, 6.07) is 12.0. The zero-order valence-electron chi connectivity index (χ0n) is 13.3. The highest BCUT2D eigenvalue weighted by Crippen LogP contribution is 2.26. The average molecular weight is 379 g/mol. The summed E-state index contributed by atoms with van der Waals surface area (Å²) >= 11 is 11.8. The van der Waals surface area contributed by atoms with Crippen molar-refractivity contribution in [3.8, 4) is 5.75 Å². The van der Waals surface area contributed by atoms with E-state index in [2.05, 4.69) is 5.32 Å². The SMILES string of the molecule is O=C(COc1cccc(N2CCCC2=O)c1)Nc1ccc(Cl)cc1Cl. The summed E-state index contributed by atoms with van der Waals surface area (Å²) in [5.74, 6) is 0.286. The summed E-state index contributed by atoms with van der Waals surface area (Å²) in [6.45, 7) is 0.536. The normalized spacial score (nSPS) is 13.8. The second-order valence-electron chi connectivity index (χ2n) is 5.61. The molecule has 0 unspecified atom stereocenters. The lowest BCUT2D eigenvalue weighted by molar-refractivity contribution is -0.118. The standard InChI is InChI=1S/C18H16Cl2N2O3/c19-12-6-7-16(15(20)9-12)21-17(23)11-25-14-4-1-3-13(10-14)22-8-2-5-18(22)24/h1,3-4,6-7,9-10H,2,5,8,11H2,(H,21,23). The van der Waals surface area contributed by atoms with Crippen LogP contribution in [0.15, 0.2) is 42.5 Å². The van der Waals surface area contributed by atoms with E-state index in [1.165, 1.54) is 0 Å². The van der Waals surface area contributed by atoms with Gasteiger partial charge in [0.05, 0.1) is 10.7 Å². The first-order valence-corrected chi connectivity index (χ1v) is 8.56. The first kappa shape index (κ1) is 17.6. The van der Waals surface area contributed by atoms with Crippen molar-refractivity contribution in [2.24, 2.45) is 0 Å². The largest absolute Gasteiger partial charge is 0.484 e. The number of rotatable bonds is 5. The van der Waals surface area contributed by atoms with Gasteiger partial charge >= 0.3 is 0 Å². The number of carbonyl (C=O) groups excluding carboxylic acids is 2. The predicted molar refractivity (Wildman–Crippen MR) is 98.6 cm³/mol. The third-order valence-corrected chi connectivity index (χ3v) is 4.33. The number of amides is 2. The maximum atomic E-state index is 12.0. The van der Waals surface area contributed by atoms with Crippen molar-refractivity contribution in [1.82, 2.24) is 0 Å². The zero-order valence-corrected chi connectivity index (χ0v) is 14.8. The van der Waals surface area contributed by atoms with Crippen LogP contribution in [0.1, 0.15) is 12.8 Å². The maximum absolute atomic E-state index is 12.0. The van der Waals surface area contributed by atoms with Gasteiger partial charge in [-0.1, -0.05) is 29.3 Å². The lowest BCUT2D eigenvalue weighted by Gasteiger charge is -2.16. The van der Waals surface area contributed by atoms with Gasteiger partial charge in [0.25, 0.3) is 5.91 Å². The first-order valence-electron chi connectivity index (χ1n) is 7.81. The molecule has 0 radical (unpaired) electrons. The van der Waals surface area contributed by atoms with Crippen LogP contribution >= 0.6 is 23.2 Å². The minimum Gasteiger partial charge on any atom is -0.484 e. The Kier molecular flexibility index (Phi) is 5.46. The van der Waals surface area contributed by atoms with Crippen LogP contribution in [0, 0.1) is 0 Å². The molecule has 25 heavy (non-hydrogen) atoms. The first-order chi connectivity index (χ1) is 12.0. The number of ether oxygens (including phenoxy) is 1. The molecule has 1 aliphatic heterocycles. The molecule has 1 fully saturated rings. The van der Waals surface area contributed by atoms with E-state index in [1.54, 1.807) is 41.3 Å². The fourth-order valence-electron chi connectivity index (χ4n) is 2.59. The van der Waals surface area contributed by atoms with Crippen molar-refractivity contribution in [2.45, 2.75) is 12.8 Å². The van der Waals surface area contributed by atoms with Gasteiger partial charge in [0.1, 0.15) is 5.75 Å². The number of halogens is 2. The number of benzene rings is 2. The Morgan fingerprint density at radius 1 is 1.20 bits per heavy atom. The lowest BCUT2D eigenvalue weighted by atomic mass is 10.3.